The summed E-state index contributed by atoms with van der Waals surface area (Å²) in [5.74, 6) is 0.748. The van der Waals surface area contributed by atoms with Gasteiger partial charge in [0.1, 0.15) is 5.75 Å². The quantitative estimate of drug-likeness (QED) is 0.378. The van der Waals surface area contributed by atoms with E-state index in [2.05, 4.69) is 20.0 Å². The summed E-state index contributed by atoms with van der Waals surface area (Å²) in [6, 6.07) is 9.57. The molecule has 0 saturated carbocycles. The minimum absolute atomic E-state index is 0.281. The zero-order chi connectivity index (χ0) is 23.9. The number of aromatic nitrogens is 5. The smallest absolute Gasteiger partial charge is 0.425 e. The van der Waals surface area contributed by atoms with E-state index in [-0.39, 0.29) is 5.69 Å². The molecule has 1 aliphatic rings. The van der Waals surface area contributed by atoms with Gasteiger partial charge in [-0.2, -0.15) is 4.31 Å². The lowest BCUT2D eigenvalue weighted by Crippen LogP contribution is -2.47. The summed E-state index contributed by atoms with van der Waals surface area (Å²) in [6.07, 6.45) is 4.52. The van der Waals surface area contributed by atoms with Crippen molar-refractivity contribution >= 4 is 26.7 Å². The number of pyridine rings is 1. The number of aromatic amines is 1. The molecule has 0 bridgehead atoms. The first-order chi connectivity index (χ1) is 16.3. The van der Waals surface area contributed by atoms with Gasteiger partial charge >= 0.3 is 5.69 Å². The van der Waals surface area contributed by atoms with Crippen LogP contribution in [0.3, 0.4) is 0 Å². The Labute approximate surface area is 196 Å². The van der Waals surface area contributed by atoms with Crippen LogP contribution < -0.4 is 15.4 Å². The van der Waals surface area contributed by atoms with Crippen LogP contribution in [0.25, 0.3) is 16.7 Å². The minimum Gasteiger partial charge on any atom is -0.497 e. The van der Waals surface area contributed by atoms with Crippen molar-refractivity contribution in [2.45, 2.75) is 13.1 Å². The number of sulfonamides is 1. The van der Waals surface area contributed by atoms with Gasteiger partial charge in [0.05, 0.1) is 25.3 Å². The molecule has 178 valence electrons. The van der Waals surface area contributed by atoms with Crippen LogP contribution in [0, 0.1) is 0 Å². The average Bonchev–Trinajstić information content (AvgIpc) is 3.33. The molecule has 1 N–H and O–H groups in total. The van der Waals surface area contributed by atoms with Gasteiger partial charge in [0.25, 0.3) is 12.0 Å². The molecular formula is C22H26N7O4S+. The van der Waals surface area contributed by atoms with Crippen LogP contribution in [0.5, 0.6) is 5.75 Å². The molecule has 4 aromatic rings. The molecule has 34 heavy (non-hydrogen) atoms. The van der Waals surface area contributed by atoms with Crippen LogP contribution in [0.1, 0.15) is 11.1 Å². The lowest BCUT2D eigenvalue weighted by Gasteiger charge is -2.33. The predicted octanol–water partition coefficient (Wildman–Crippen LogP) is -0.00760. The number of nitrogens with zero attached hydrogens (tertiary/aromatic N) is 6. The van der Waals surface area contributed by atoms with Crippen molar-refractivity contribution in [1.82, 2.24) is 28.4 Å². The van der Waals surface area contributed by atoms with Gasteiger partial charge in [0.2, 0.25) is 10.0 Å². The zero-order valence-electron chi connectivity index (χ0n) is 19.0. The normalized spacial score (nSPS) is 15.8. The number of methoxy groups -OCH3 is 1. The number of H-pyrrole nitrogens is 1. The number of fused-ring (bicyclic) bond motifs is 3. The molecule has 0 atom stereocenters. The van der Waals surface area contributed by atoms with E-state index in [0.29, 0.717) is 50.6 Å². The lowest BCUT2D eigenvalue weighted by atomic mass is 10.2. The molecule has 0 unspecified atom stereocenters. The maximum Gasteiger partial charge on any atom is 0.425 e. The summed E-state index contributed by atoms with van der Waals surface area (Å²) in [5, 5.41) is 4.97. The first-order valence-electron chi connectivity index (χ1n) is 10.9. The van der Waals surface area contributed by atoms with Crippen LogP contribution in [0.2, 0.25) is 0 Å². The van der Waals surface area contributed by atoms with Gasteiger partial charge in [-0.05, 0) is 33.8 Å². The molecule has 1 aromatic carbocycles. The SMILES string of the molecule is COc1ccc(Cn2c(=O)n3nc[nH+]c3c3cc(CN4CCN(S(C)(=O)=O)CC4)cnc32)cc1. The van der Waals surface area contributed by atoms with E-state index in [1.54, 1.807) is 17.9 Å². The molecule has 4 heterocycles. The van der Waals surface area contributed by atoms with Crippen molar-refractivity contribution in [3.05, 3.63) is 64.5 Å². The summed E-state index contributed by atoms with van der Waals surface area (Å²) in [6.45, 7) is 3.23. The highest BCUT2D eigenvalue weighted by atomic mass is 32.2. The molecule has 0 aliphatic carbocycles. The van der Waals surface area contributed by atoms with E-state index >= 15 is 0 Å². The zero-order valence-corrected chi connectivity index (χ0v) is 19.8. The number of ether oxygens (including phenoxy) is 1. The highest BCUT2D eigenvalue weighted by Crippen LogP contribution is 2.19. The van der Waals surface area contributed by atoms with E-state index in [0.717, 1.165) is 22.3 Å². The van der Waals surface area contributed by atoms with Gasteiger partial charge in [-0.1, -0.05) is 12.1 Å². The first kappa shape index (κ1) is 22.4. The van der Waals surface area contributed by atoms with Crippen LogP contribution >= 0.6 is 0 Å². The fourth-order valence-corrected chi connectivity index (χ4v) is 5.15. The van der Waals surface area contributed by atoms with Crippen molar-refractivity contribution in [3.63, 3.8) is 0 Å². The second kappa shape index (κ2) is 8.78. The van der Waals surface area contributed by atoms with Gasteiger partial charge in [0, 0.05) is 44.0 Å². The van der Waals surface area contributed by atoms with Gasteiger partial charge in [-0.15, -0.1) is 0 Å². The fraction of sp³-hybridized carbons (Fsp3) is 0.364. The van der Waals surface area contributed by atoms with E-state index in [1.165, 1.54) is 21.4 Å². The summed E-state index contributed by atoms with van der Waals surface area (Å²) >= 11 is 0. The third-order valence-electron chi connectivity index (χ3n) is 6.14. The Morgan fingerprint density at radius 1 is 1.06 bits per heavy atom. The van der Waals surface area contributed by atoms with E-state index in [9.17, 15) is 13.2 Å². The number of piperazine rings is 1. The molecule has 1 aliphatic heterocycles. The van der Waals surface area contributed by atoms with Gasteiger partial charge in [-0.3, -0.25) is 9.47 Å². The van der Waals surface area contributed by atoms with Gasteiger partial charge in [-0.25, -0.2) is 23.2 Å². The maximum absolute atomic E-state index is 13.2. The first-order valence-corrected chi connectivity index (χ1v) is 12.8. The molecule has 1 fully saturated rings. The molecule has 0 amide bonds. The van der Waals surface area contributed by atoms with Gasteiger partial charge < -0.3 is 4.74 Å². The third-order valence-corrected chi connectivity index (χ3v) is 7.44. The Hall–Kier alpha value is -3.35. The molecule has 5 rings (SSSR count). The molecular weight excluding hydrogens is 458 g/mol. The Bertz CT molecular complexity index is 1500. The Morgan fingerprint density at radius 2 is 1.79 bits per heavy atom. The minimum atomic E-state index is -3.17. The predicted molar refractivity (Wildman–Crippen MR) is 125 cm³/mol. The van der Waals surface area contributed by atoms with E-state index < -0.39 is 10.0 Å². The standard InChI is InChI=1S/C22H25N7O4S/c1-33-18-5-3-16(4-6-18)14-28-20-19(21-24-15-25-29(21)22(28)30)11-17(12-23-20)13-26-7-9-27(10-8-26)34(2,31)32/h3-6,11-12,15H,7-10,13-14H2,1-2H3/p+1. The summed E-state index contributed by atoms with van der Waals surface area (Å²) < 4.78 is 33.2. The average molecular weight is 485 g/mol. The van der Waals surface area contributed by atoms with Crippen molar-refractivity contribution in [3.8, 4) is 5.75 Å². The fourth-order valence-electron chi connectivity index (χ4n) is 4.32. The van der Waals surface area contributed by atoms with Crippen molar-refractivity contribution < 1.29 is 18.1 Å². The number of nitrogens with one attached hydrogen (secondary N) is 1. The summed E-state index contributed by atoms with van der Waals surface area (Å²) in [5.41, 5.74) is 2.79. The van der Waals surface area contributed by atoms with E-state index in [1.807, 2.05) is 30.3 Å². The molecule has 3 aromatic heterocycles. The topological polar surface area (TPSA) is 116 Å². The highest BCUT2D eigenvalue weighted by Gasteiger charge is 2.24. The summed E-state index contributed by atoms with van der Waals surface area (Å²) in [7, 11) is -1.55. The van der Waals surface area contributed by atoms with Crippen LogP contribution in [0.4, 0.5) is 0 Å². The van der Waals surface area contributed by atoms with Crippen LogP contribution in [-0.4, -0.2) is 76.3 Å². The number of hydrogen-bond donors (Lipinski definition) is 0. The van der Waals surface area contributed by atoms with Crippen LogP contribution in [-0.2, 0) is 23.1 Å². The van der Waals surface area contributed by atoms with Crippen molar-refractivity contribution in [2.24, 2.45) is 0 Å². The van der Waals surface area contributed by atoms with Crippen molar-refractivity contribution in [1.29, 1.82) is 0 Å². The molecule has 11 nitrogen and oxygen atoms in total. The second-order valence-corrected chi connectivity index (χ2v) is 10.4. The number of rotatable bonds is 6. The second-order valence-electron chi connectivity index (χ2n) is 8.42. The van der Waals surface area contributed by atoms with E-state index in [4.69, 9.17) is 4.74 Å². The molecule has 12 heteroatoms. The molecule has 0 spiro atoms. The monoisotopic (exact) mass is 484 g/mol. The highest BCUT2D eigenvalue weighted by molar-refractivity contribution is 7.88. The Balaban J connectivity index is 1.47. The Kier molecular flexibility index (Phi) is 5.80. The molecule has 1 saturated heterocycles. The van der Waals surface area contributed by atoms with Crippen molar-refractivity contribution in [2.75, 3.05) is 39.5 Å². The summed E-state index contributed by atoms with van der Waals surface area (Å²) in [4.78, 5) is 23.1. The molecule has 0 radical (unpaired) electrons. The number of hydrogen-bond acceptors (Lipinski definition) is 7. The number of benzene rings is 1. The maximum atomic E-state index is 13.2. The Morgan fingerprint density at radius 3 is 2.47 bits per heavy atom. The van der Waals surface area contributed by atoms with Gasteiger partial charge in [0.15, 0.2) is 5.65 Å². The largest absolute Gasteiger partial charge is 0.497 e. The van der Waals surface area contributed by atoms with Crippen LogP contribution in [0.15, 0.2) is 47.7 Å². The lowest BCUT2D eigenvalue weighted by molar-refractivity contribution is -0.345. The third kappa shape index (κ3) is 4.27.